The quantitative estimate of drug-likeness (QED) is 0.846. The van der Waals surface area contributed by atoms with Crippen molar-refractivity contribution >= 4 is 9.84 Å². The van der Waals surface area contributed by atoms with Gasteiger partial charge in [0.15, 0.2) is 9.84 Å². The molecule has 0 saturated carbocycles. The van der Waals surface area contributed by atoms with Crippen LogP contribution in [-0.2, 0) is 9.84 Å². The van der Waals surface area contributed by atoms with Crippen molar-refractivity contribution < 1.29 is 17.9 Å². The van der Waals surface area contributed by atoms with E-state index >= 15 is 0 Å². The number of rotatable bonds is 3. The first-order valence-corrected chi connectivity index (χ1v) is 7.55. The zero-order valence-electron chi connectivity index (χ0n) is 9.84. The Labute approximate surface area is 106 Å². The van der Waals surface area contributed by atoms with Crippen molar-refractivity contribution in [1.82, 2.24) is 0 Å². The van der Waals surface area contributed by atoms with Crippen molar-refractivity contribution in [1.29, 1.82) is 0 Å². The van der Waals surface area contributed by atoms with E-state index in [1.54, 1.807) is 6.07 Å². The third-order valence-electron chi connectivity index (χ3n) is 3.57. The van der Waals surface area contributed by atoms with E-state index in [0.717, 1.165) is 0 Å². The van der Waals surface area contributed by atoms with Crippen LogP contribution in [0.2, 0.25) is 0 Å². The molecule has 3 N–H and O–H groups in total. The third-order valence-corrected chi connectivity index (χ3v) is 5.41. The zero-order valence-corrected chi connectivity index (χ0v) is 10.7. The van der Waals surface area contributed by atoms with Crippen molar-refractivity contribution in [2.45, 2.75) is 12.5 Å². The minimum absolute atomic E-state index is 0.0244. The van der Waals surface area contributed by atoms with Crippen LogP contribution in [0.1, 0.15) is 18.1 Å². The number of halogens is 1. The molecule has 2 atom stereocenters. The normalized spacial score (nSPS) is 28.2. The molecule has 2 unspecified atom stereocenters. The van der Waals surface area contributed by atoms with Gasteiger partial charge in [0.05, 0.1) is 17.6 Å². The van der Waals surface area contributed by atoms with Crippen molar-refractivity contribution in [3.63, 3.8) is 0 Å². The van der Waals surface area contributed by atoms with E-state index in [0.29, 0.717) is 12.0 Å². The van der Waals surface area contributed by atoms with Gasteiger partial charge in [-0.3, -0.25) is 0 Å². The Morgan fingerprint density at radius 2 is 2.22 bits per heavy atom. The van der Waals surface area contributed by atoms with Crippen LogP contribution in [0.5, 0.6) is 0 Å². The maximum atomic E-state index is 13.1. The number of hydrogen-bond acceptors (Lipinski definition) is 4. The fourth-order valence-corrected chi connectivity index (χ4v) is 4.62. The molecule has 0 aromatic heterocycles. The Morgan fingerprint density at radius 3 is 2.72 bits per heavy atom. The highest BCUT2D eigenvalue weighted by Crippen LogP contribution is 2.42. The Morgan fingerprint density at radius 1 is 1.50 bits per heavy atom. The van der Waals surface area contributed by atoms with E-state index in [-0.39, 0.29) is 18.1 Å². The topological polar surface area (TPSA) is 80.4 Å². The third kappa shape index (κ3) is 2.41. The zero-order chi connectivity index (χ0) is 13.4. The Hall–Kier alpha value is -0.980. The molecule has 1 aromatic carbocycles. The largest absolute Gasteiger partial charge is 0.388 e. The molecule has 1 aromatic rings. The lowest BCUT2D eigenvalue weighted by Crippen LogP contribution is -2.38. The summed E-state index contributed by atoms with van der Waals surface area (Å²) < 4.78 is 36.3. The van der Waals surface area contributed by atoms with E-state index in [1.165, 1.54) is 18.2 Å². The molecular formula is C12H16FNO3S. The minimum atomic E-state index is -3.16. The smallest absolute Gasteiger partial charge is 0.151 e. The van der Waals surface area contributed by atoms with Crippen molar-refractivity contribution in [2.24, 2.45) is 11.1 Å². The number of hydrogen-bond donors (Lipinski definition) is 2. The van der Waals surface area contributed by atoms with Crippen molar-refractivity contribution in [3.05, 3.63) is 35.6 Å². The van der Waals surface area contributed by atoms with Crippen LogP contribution in [0.3, 0.4) is 0 Å². The molecule has 2 rings (SSSR count). The van der Waals surface area contributed by atoms with Gasteiger partial charge < -0.3 is 10.8 Å². The van der Waals surface area contributed by atoms with Gasteiger partial charge in [0.2, 0.25) is 0 Å². The Kier molecular flexibility index (Phi) is 3.44. The molecule has 6 heteroatoms. The van der Waals surface area contributed by atoms with E-state index in [9.17, 15) is 17.9 Å². The lowest BCUT2D eigenvalue weighted by Gasteiger charge is -2.31. The lowest BCUT2D eigenvalue weighted by molar-refractivity contribution is 0.0469. The monoisotopic (exact) mass is 273 g/mol. The summed E-state index contributed by atoms with van der Waals surface area (Å²) in [6, 6.07) is 5.56. The highest BCUT2D eigenvalue weighted by molar-refractivity contribution is 7.91. The fraction of sp³-hybridized carbons (Fsp3) is 0.500. The predicted molar refractivity (Wildman–Crippen MR) is 66.1 cm³/mol. The summed E-state index contributed by atoms with van der Waals surface area (Å²) in [6.45, 7) is 0.0594. The Balaban J connectivity index is 2.34. The molecule has 0 spiro atoms. The molecule has 1 aliphatic rings. The first-order chi connectivity index (χ1) is 8.38. The van der Waals surface area contributed by atoms with E-state index in [1.807, 2.05) is 0 Å². The molecule has 0 aliphatic carbocycles. The van der Waals surface area contributed by atoms with Gasteiger partial charge in [-0.1, -0.05) is 12.1 Å². The summed E-state index contributed by atoms with van der Waals surface area (Å²) in [5, 5.41) is 10.3. The van der Waals surface area contributed by atoms with Crippen LogP contribution < -0.4 is 5.73 Å². The molecule has 0 radical (unpaired) electrons. The van der Waals surface area contributed by atoms with E-state index < -0.39 is 27.2 Å². The molecule has 1 fully saturated rings. The van der Waals surface area contributed by atoms with Crippen LogP contribution in [0.4, 0.5) is 4.39 Å². The second kappa shape index (κ2) is 4.60. The number of aliphatic hydroxyl groups excluding tert-OH is 1. The maximum absolute atomic E-state index is 13.1. The molecular weight excluding hydrogens is 257 g/mol. The molecule has 1 heterocycles. The first-order valence-electron chi connectivity index (χ1n) is 5.73. The summed E-state index contributed by atoms with van der Waals surface area (Å²) in [5.74, 6) is -0.579. The molecule has 18 heavy (non-hydrogen) atoms. The van der Waals surface area contributed by atoms with Gasteiger partial charge in [-0.2, -0.15) is 0 Å². The number of sulfone groups is 1. The summed E-state index contributed by atoms with van der Waals surface area (Å²) in [5.41, 5.74) is 5.12. The molecule has 0 amide bonds. The highest BCUT2D eigenvalue weighted by Gasteiger charge is 2.46. The summed E-state index contributed by atoms with van der Waals surface area (Å²) in [7, 11) is -3.16. The molecule has 1 aliphatic heterocycles. The fourth-order valence-electron chi connectivity index (χ4n) is 2.46. The second-order valence-electron chi connectivity index (χ2n) is 4.87. The van der Waals surface area contributed by atoms with Gasteiger partial charge in [0.1, 0.15) is 5.82 Å². The average molecular weight is 273 g/mol. The number of benzene rings is 1. The van der Waals surface area contributed by atoms with E-state index in [4.69, 9.17) is 5.73 Å². The molecule has 0 bridgehead atoms. The van der Waals surface area contributed by atoms with Crippen molar-refractivity contribution in [2.75, 3.05) is 18.1 Å². The van der Waals surface area contributed by atoms with Gasteiger partial charge in [-0.25, -0.2) is 12.8 Å². The van der Waals surface area contributed by atoms with Gasteiger partial charge >= 0.3 is 0 Å². The van der Waals surface area contributed by atoms with Gasteiger partial charge in [-0.15, -0.1) is 0 Å². The van der Waals surface area contributed by atoms with Crippen LogP contribution in [0.15, 0.2) is 24.3 Å². The van der Waals surface area contributed by atoms with Crippen LogP contribution in [-0.4, -0.2) is 31.6 Å². The Bertz CT molecular complexity index is 546. The molecule has 1 saturated heterocycles. The van der Waals surface area contributed by atoms with Gasteiger partial charge in [-0.05, 0) is 24.1 Å². The number of aliphatic hydroxyl groups is 1. The first kappa shape index (κ1) is 13.5. The predicted octanol–water partition coefficient (Wildman–Crippen LogP) is 0.623. The lowest BCUT2D eigenvalue weighted by atomic mass is 9.78. The second-order valence-corrected chi connectivity index (χ2v) is 7.05. The van der Waals surface area contributed by atoms with Crippen LogP contribution in [0.25, 0.3) is 0 Å². The number of nitrogens with two attached hydrogens (primary N) is 1. The summed E-state index contributed by atoms with van der Waals surface area (Å²) in [6.07, 6.45) is -0.751. The van der Waals surface area contributed by atoms with E-state index in [2.05, 4.69) is 0 Å². The SMILES string of the molecule is NCC1(C(O)c2cccc(F)c2)CCS(=O)(=O)C1. The van der Waals surface area contributed by atoms with Gasteiger partial charge in [0.25, 0.3) is 0 Å². The van der Waals surface area contributed by atoms with Crippen LogP contribution in [0, 0.1) is 11.2 Å². The highest BCUT2D eigenvalue weighted by atomic mass is 32.2. The van der Waals surface area contributed by atoms with Gasteiger partial charge in [0, 0.05) is 12.0 Å². The van der Waals surface area contributed by atoms with Crippen LogP contribution >= 0.6 is 0 Å². The maximum Gasteiger partial charge on any atom is 0.151 e. The molecule has 4 nitrogen and oxygen atoms in total. The van der Waals surface area contributed by atoms with Crippen molar-refractivity contribution in [3.8, 4) is 0 Å². The molecule has 100 valence electrons. The summed E-state index contributed by atoms with van der Waals surface area (Å²) in [4.78, 5) is 0. The summed E-state index contributed by atoms with van der Waals surface area (Å²) >= 11 is 0. The standard InChI is InChI=1S/C12H16FNO3S/c13-10-3-1-2-9(6-10)11(15)12(7-14)4-5-18(16,17)8-12/h1-3,6,11,15H,4-5,7-8,14H2. The minimum Gasteiger partial charge on any atom is -0.388 e. The average Bonchev–Trinajstić information content (AvgIpc) is 2.65.